The second-order valence-electron chi connectivity index (χ2n) is 3.04. The van der Waals surface area contributed by atoms with Crippen molar-refractivity contribution in [2.75, 3.05) is 6.26 Å². The van der Waals surface area contributed by atoms with Crippen LogP contribution in [-0.4, -0.2) is 18.5 Å². The molecule has 1 aromatic rings. The van der Waals surface area contributed by atoms with Crippen molar-refractivity contribution < 1.29 is 13.6 Å². The Kier molecular flexibility index (Phi) is 4.49. The molecular formula is C11H11F2NOS. The number of carbonyl (C=O) groups excluding carboxylic acids is 1. The van der Waals surface area contributed by atoms with Crippen LogP contribution < -0.4 is 5.73 Å². The number of rotatable bonds is 4. The Hall–Kier alpha value is -1.36. The molecule has 1 aromatic carbocycles. The molecule has 0 aliphatic carbocycles. The topological polar surface area (TPSA) is 43.1 Å². The third-order valence-electron chi connectivity index (χ3n) is 1.92. The van der Waals surface area contributed by atoms with Gasteiger partial charge in [0.2, 0.25) is 0 Å². The normalized spacial score (nSPS) is 11.9. The van der Waals surface area contributed by atoms with Crippen molar-refractivity contribution in [1.82, 2.24) is 0 Å². The van der Waals surface area contributed by atoms with Gasteiger partial charge >= 0.3 is 0 Å². The van der Waals surface area contributed by atoms with Crippen LogP contribution >= 0.6 is 11.8 Å². The minimum Gasteiger partial charge on any atom is -0.397 e. The number of allylic oxidation sites excluding steroid dienone is 2. The van der Waals surface area contributed by atoms with Gasteiger partial charge < -0.3 is 5.73 Å². The molecule has 5 heteroatoms. The molecule has 16 heavy (non-hydrogen) atoms. The first kappa shape index (κ1) is 12.7. The van der Waals surface area contributed by atoms with E-state index in [0.29, 0.717) is 5.56 Å². The molecule has 0 amide bonds. The summed E-state index contributed by atoms with van der Waals surface area (Å²) in [5.74, 6) is -0.509. The van der Waals surface area contributed by atoms with Crippen molar-refractivity contribution in [3.63, 3.8) is 0 Å². The first-order valence-electron chi connectivity index (χ1n) is 4.48. The number of nitrogens with two attached hydrogens (primary N) is 1. The zero-order chi connectivity index (χ0) is 12.1. The molecule has 1 rings (SSSR count). The number of alkyl halides is 2. The van der Waals surface area contributed by atoms with Gasteiger partial charge in [0.25, 0.3) is 6.43 Å². The van der Waals surface area contributed by atoms with Crippen LogP contribution in [0.15, 0.2) is 40.9 Å². The van der Waals surface area contributed by atoms with Crippen LogP contribution in [0.25, 0.3) is 0 Å². The van der Waals surface area contributed by atoms with Gasteiger partial charge in [-0.1, -0.05) is 0 Å². The van der Waals surface area contributed by atoms with Crippen molar-refractivity contribution >= 4 is 17.5 Å². The van der Waals surface area contributed by atoms with Crippen molar-refractivity contribution in [2.24, 2.45) is 5.73 Å². The summed E-state index contributed by atoms with van der Waals surface area (Å²) in [7, 11) is 0. The molecule has 0 unspecified atom stereocenters. The number of hydrogen-bond acceptors (Lipinski definition) is 3. The van der Waals surface area contributed by atoms with Crippen LogP contribution in [0.3, 0.4) is 0 Å². The van der Waals surface area contributed by atoms with Crippen molar-refractivity contribution in [3.8, 4) is 0 Å². The lowest BCUT2D eigenvalue weighted by Crippen LogP contribution is -2.10. The number of carbonyl (C=O) groups is 1. The van der Waals surface area contributed by atoms with Gasteiger partial charge in [0.05, 0.1) is 5.70 Å². The Morgan fingerprint density at radius 3 is 2.38 bits per heavy atom. The van der Waals surface area contributed by atoms with Crippen molar-refractivity contribution in [1.29, 1.82) is 0 Å². The molecule has 86 valence electrons. The van der Waals surface area contributed by atoms with E-state index in [1.807, 2.05) is 6.26 Å². The molecule has 2 nitrogen and oxygen atoms in total. The molecule has 0 fully saturated rings. The summed E-state index contributed by atoms with van der Waals surface area (Å²) in [6.07, 6.45) is -0.126. The molecule has 0 aliphatic heterocycles. The molecule has 0 saturated carbocycles. The molecule has 0 aromatic heterocycles. The Labute approximate surface area is 96.5 Å². The van der Waals surface area contributed by atoms with Gasteiger partial charge in [0.1, 0.15) is 0 Å². The fourth-order valence-corrected chi connectivity index (χ4v) is 1.46. The second kappa shape index (κ2) is 5.65. The average Bonchev–Trinajstić information content (AvgIpc) is 2.28. The maximum atomic E-state index is 12.1. The maximum absolute atomic E-state index is 12.1. The quantitative estimate of drug-likeness (QED) is 0.502. The van der Waals surface area contributed by atoms with Gasteiger partial charge in [-0.3, -0.25) is 4.79 Å². The van der Waals surface area contributed by atoms with E-state index in [1.54, 1.807) is 24.3 Å². The summed E-state index contributed by atoms with van der Waals surface area (Å²) >= 11 is 1.54. The zero-order valence-corrected chi connectivity index (χ0v) is 9.43. The lowest BCUT2D eigenvalue weighted by molar-refractivity contribution is 0.104. The summed E-state index contributed by atoms with van der Waals surface area (Å²) in [5, 5.41) is 0. The highest BCUT2D eigenvalue weighted by Gasteiger charge is 2.09. The molecule has 0 bridgehead atoms. The highest BCUT2D eigenvalue weighted by Crippen LogP contribution is 2.15. The lowest BCUT2D eigenvalue weighted by Gasteiger charge is -2.00. The van der Waals surface area contributed by atoms with Crippen LogP contribution in [0, 0.1) is 0 Å². The van der Waals surface area contributed by atoms with Crippen LogP contribution in [-0.2, 0) is 0 Å². The molecule has 0 radical (unpaired) electrons. The number of ketones is 1. The highest BCUT2D eigenvalue weighted by atomic mass is 32.2. The highest BCUT2D eigenvalue weighted by molar-refractivity contribution is 7.98. The molecule has 0 spiro atoms. The molecule has 0 heterocycles. The van der Waals surface area contributed by atoms with E-state index >= 15 is 0 Å². The fourth-order valence-electron chi connectivity index (χ4n) is 1.05. The molecular weight excluding hydrogens is 232 g/mol. The monoisotopic (exact) mass is 243 g/mol. The van der Waals surface area contributed by atoms with Gasteiger partial charge in [-0.25, -0.2) is 8.78 Å². The van der Waals surface area contributed by atoms with Crippen molar-refractivity contribution in [2.45, 2.75) is 11.3 Å². The zero-order valence-electron chi connectivity index (χ0n) is 8.61. The Balaban J connectivity index is 2.85. The predicted molar refractivity (Wildman–Crippen MR) is 60.8 cm³/mol. The number of thioether (sulfide) groups is 1. The van der Waals surface area contributed by atoms with Gasteiger partial charge in [-0.15, -0.1) is 11.8 Å². The van der Waals surface area contributed by atoms with Gasteiger partial charge in [-0.05, 0) is 30.5 Å². The largest absolute Gasteiger partial charge is 0.397 e. The number of halogens is 2. The third-order valence-corrected chi connectivity index (χ3v) is 2.67. The van der Waals surface area contributed by atoms with Crippen LogP contribution in [0.2, 0.25) is 0 Å². The minimum atomic E-state index is -2.80. The van der Waals surface area contributed by atoms with E-state index in [1.165, 1.54) is 11.8 Å². The smallest absolute Gasteiger partial charge is 0.277 e. The summed E-state index contributed by atoms with van der Waals surface area (Å²) in [4.78, 5) is 12.5. The third kappa shape index (κ3) is 3.34. The Morgan fingerprint density at radius 1 is 1.38 bits per heavy atom. The standard InChI is InChI=1S/C11H11F2NOS/c1-16-8-4-2-7(3-5-8)10(15)6-9(14)11(12)13/h2-6,11H,14H2,1H3/b9-6-. The minimum absolute atomic E-state index is 0.349. The van der Waals surface area contributed by atoms with Crippen LogP contribution in [0.5, 0.6) is 0 Å². The van der Waals surface area contributed by atoms with E-state index in [0.717, 1.165) is 11.0 Å². The molecule has 0 saturated heterocycles. The van der Waals surface area contributed by atoms with E-state index in [9.17, 15) is 13.6 Å². The van der Waals surface area contributed by atoms with E-state index < -0.39 is 17.9 Å². The predicted octanol–water partition coefficient (Wildman–Crippen LogP) is 2.70. The van der Waals surface area contributed by atoms with Crippen molar-refractivity contribution in [3.05, 3.63) is 41.6 Å². The first-order valence-corrected chi connectivity index (χ1v) is 5.70. The average molecular weight is 243 g/mol. The molecule has 0 aliphatic rings. The Bertz CT molecular complexity index is 401. The summed E-state index contributed by atoms with van der Waals surface area (Å²) in [5.41, 5.74) is 4.64. The number of hydrogen-bond donors (Lipinski definition) is 1. The maximum Gasteiger partial charge on any atom is 0.277 e. The summed E-state index contributed by atoms with van der Waals surface area (Å²) in [6.45, 7) is 0. The van der Waals surface area contributed by atoms with Crippen LogP contribution in [0.1, 0.15) is 10.4 Å². The summed E-state index contributed by atoms with van der Waals surface area (Å²) in [6, 6.07) is 6.68. The van der Waals surface area contributed by atoms with E-state index in [2.05, 4.69) is 0 Å². The number of benzene rings is 1. The SMILES string of the molecule is CSc1ccc(C(=O)/C=C(\N)C(F)F)cc1. The van der Waals surface area contributed by atoms with E-state index in [-0.39, 0.29) is 0 Å². The van der Waals surface area contributed by atoms with Crippen LogP contribution in [0.4, 0.5) is 8.78 Å². The second-order valence-corrected chi connectivity index (χ2v) is 3.92. The molecule has 2 N–H and O–H groups in total. The lowest BCUT2D eigenvalue weighted by atomic mass is 10.1. The Morgan fingerprint density at radius 2 is 1.94 bits per heavy atom. The fraction of sp³-hybridized carbons (Fsp3) is 0.182. The first-order chi connectivity index (χ1) is 7.54. The van der Waals surface area contributed by atoms with Gasteiger partial charge in [-0.2, -0.15) is 0 Å². The summed E-state index contributed by atoms with van der Waals surface area (Å²) < 4.78 is 24.1. The van der Waals surface area contributed by atoms with Gasteiger partial charge in [0.15, 0.2) is 5.78 Å². The van der Waals surface area contributed by atoms with E-state index in [4.69, 9.17) is 5.73 Å². The van der Waals surface area contributed by atoms with Gasteiger partial charge in [0, 0.05) is 16.5 Å². The molecule has 0 atom stereocenters.